The Bertz CT molecular complexity index is 806. The molecule has 3 aliphatic rings. The maximum atomic E-state index is 9.81. The molecule has 2 aromatic rings. The third kappa shape index (κ3) is 3.65. The van der Waals surface area contributed by atoms with E-state index in [4.69, 9.17) is 20.9 Å². The number of hydrogen-bond acceptors (Lipinski definition) is 7. The molecule has 4 atom stereocenters. The first-order chi connectivity index (χ1) is 12.7. The molecule has 7 nitrogen and oxygen atoms in total. The van der Waals surface area contributed by atoms with Gasteiger partial charge in [0.2, 0.25) is 11.7 Å². The third-order valence-corrected chi connectivity index (χ3v) is 6.16. The summed E-state index contributed by atoms with van der Waals surface area (Å²) in [6, 6.07) is 7.38. The number of fused-ring (bicyclic) bond motifs is 1. The maximum Gasteiger partial charge on any atom is 0.241 e. The monoisotopic (exact) mass is 448 g/mol. The normalized spacial score (nSPS) is 31.1. The predicted molar refractivity (Wildman–Crippen MR) is 109 cm³/mol. The van der Waals surface area contributed by atoms with Crippen molar-refractivity contribution in [3.05, 3.63) is 35.2 Å². The number of ether oxygens (including phenoxy) is 1. The molecule has 3 fully saturated rings. The number of nitrogens with zero attached hydrogens (tertiary/aromatic N) is 3. The molecule has 154 valence electrons. The molecule has 28 heavy (non-hydrogen) atoms. The molecule has 4 heterocycles. The van der Waals surface area contributed by atoms with Crippen LogP contribution in [0.5, 0.6) is 0 Å². The van der Waals surface area contributed by atoms with Crippen LogP contribution in [0.2, 0.25) is 5.02 Å². The van der Waals surface area contributed by atoms with Crippen LogP contribution in [0, 0.1) is 11.8 Å². The van der Waals surface area contributed by atoms with Gasteiger partial charge < -0.3 is 19.7 Å². The van der Waals surface area contributed by atoms with E-state index in [1.807, 2.05) is 24.3 Å². The van der Waals surface area contributed by atoms with Crippen molar-refractivity contribution < 1.29 is 14.4 Å². The van der Waals surface area contributed by atoms with E-state index in [2.05, 4.69) is 20.4 Å². The molecule has 10 heteroatoms. The molecule has 1 aromatic carbocycles. The Kier molecular flexibility index (Phi) is 6.56. The Morgan fingerprint density at radius 3 is 2.82 bits per heavy atom. The van der Waals surface area contributed by atoms with Crippen LogP contribution in [0.1, 0.15) is 5.89 Å². The summed E-state index contributed by atoms with van der Waals surface area (Å²) < 4.78 is 11.8. The standard InChI is InChI=1S/C18H21ClN4O3.2ClH/c19-12-3-1-11(2-4-12)17-21-16(26-22-17)7-23-6-14-13(8-24)15-5-20-9-18(14,10-23)25-15;;/h1-4,13-15,20,24H,5-10H2;2*1H/t13-,14+,15+,18+;;/m0../s1. The molecule has 1 aromatic heterocycles. The smallest absolute Gasteiger partial charge is 0.241 e. The molecule has 0 amide bonds. The lowest BCUT2D eigenvalue weighted by Gasteiger charge is -2.33. The summed E-state index contributed by atoms with van der Waals surface area (Å²) in [7, 11) is 0. The van der Waals surface area contributed by atoms with E-state index in [1.165, 1.54) is 0 Å². The molecule has 2 N–H and O–H groups in total. The second-order valence-electron chi connectivity index (χ2n) is 7.49. The largest absolute Gasteiger partial charge is 0.396 e. The molecule has 3 saturated heterocycles. The van der Waals surface area contributed by atoms with E-state index in [1.54, 1.807) is 0 Å². The lowest BCUT2D eigenvalue weighted by atomic mass is 9.83. The van der Waals surface area contributed by atoms with Gasteiger partial charge in [-0.05, 0) is 24.3 Å². The Balaban J connectivity index is 0.00000112. The van der Waals surface area contributed by atoms with Crippen LogP contribution in [0.25, 0.3) is 11.4 Å². The minimum atomic E-state index is -0.199. The molecular weight excluding hydrogens is 427 g/mol. The zero-order chi connectivity index (χ0) is 17.7. The average molecular weight is 450 g/mol. The highest BCUT2D eigenvalue weighted by Crippen LogP contribution is 2.47. The van der Waals surface area contributed by atoms with Crippen molar-refractivity contribution in [3.63, 3.8) is 0 Å². The molecule has 5 rings (SSSR count). The van der Waals surface area contributed by atoms with Crippen LogP contribution in [-0.2, 0) is 11.3 Å². The number of halogens is 3. The number of hydrogen-bond donors (Lipinski definition) is 2. The fraction of sp³-hybridized carbons (Fsp3) is 0.556. The van der Waals surface area contributed by atoms with E-state index in [9.17, 15) is 5.11 Å². The first-order valence-electron chi connectivity index (χ1n) is 8.97. The fourth-order valence-corrected chi connectivity index (χ4v) is 4.87. The van der Waals surface area contributed by atoms with Crippen LogP contribution < -0.4 is 5.32 Å². The van der Waals surface area contributed by atoms with Crippen LogP contribution in [0.4, 0.5) is 0 Å². The summed E-state index contributed by atoms with van der Waals surface area (Å²) in [5, 5.41) is 18.0. The van der Waals surface area contributed by atoms with Gasteiger partial charge in [-0.25, -0.2) is 0 Å². The van der Waals surface area contributed by atoms with Gasteiger partial charge in [0.25, 0.3) is 0 Å². The van der Waals surface area contributed by atoms with Gasteiger partial charge in [-0.2, -0.15) is 4.98 Å². The molecule has 1 spiro atoms. The van der Waals surface area contributed by atoms with Gasteiger partial charge in [-0.15, -0.1) is 24.8 Å². The molecule has 0 saturated carbocycles. The number of aliphatic hydroxyl groups is 1. The zero-order valence-electron chi connectivity index (χ0n) is 15.1. The van der Waals surface area contributed by atoms with E-state index in [0.29, 0.717) is 29.2 Å². The van der Waals surface area contributed by atoms with E-state index in [0.717, 1.165) is 31.7 Å². The quantitative estimate of drug-likeness (QED) is 0.739. The highest BCUT2D eigenvalue weighted by molar-refractivity contribution is 6.30. The van der Waals surface area contributed by atoms with Crippen molar-refractivity contribution >= 4 is 36.4 Å². The van der Waals surface area contributed by atoms with Gasteiger partial charge >= 0.3 is 0 Å². The Hall–Kier alpha value is -0.930. The van der Waals surface area contributed by atoms with Gasteiger partial charge in [0.1, 0.15) is 0 Å². The van der Waals surface area contributed by atoms with E-state index < -0.39 is 0 Å². The van der Waals surface area contributed by atoms with Gasteiger partial charge in [-0.3, -0.25) is 4.90 Å². The second-order valence-corrected chi connectivity index (χ2v) is 7.93. The van der Waals surface area contributed by atoms with Crippen LogP contribution >= 0.6 is 36.4 Å². The van der Waals surface area contributed by atoms with E-state index in [-0.39, 0.29) is 49.0 Å². The highest BCUT2D eigenvalue weighted by Gasteiger charge is 2.60. The molecule has 3 aliphatic heterocycles. The number of rotatable bonds is 4. The SMILES string of the molecule is Cl.Cl.OC[C@H]1[C@H]2CN(Cc3nc(-c4ccc(Cl)cc4)no3)C[C@]23CNC[C@H]1O3. The number of aromatic nitrogens is 2. The maximum absolute atomic E-state index is 9.81. The Morgan fingerprint density at radius 2 is 2.07 bits per heavy atom. The number of morpholine rings is 1. The van der Waals surface area contributed by atoms with Crippen LogP contribution in [-0.4, -0.2) is 64.6 Å². The third-order valence-electron chi connectivity index (χ3n) is 5.91. The van der Waals surface area contributed by atoms with Crippen molar-refractivity contribution in [3.8, 4) is 11.4 Å². The number of nitrogens with one attached hydrogen (secondary N) is 1. The Labute approximate surface area is 180 Å². The minimum absolute atomic E-state index is 0. The van der Waals surface area contributed by atoms with Gasteiger partial charge in [0.15, 0.2) is 0 Å². The summed E-state index contributed by atoms with van der Waals surface area (Å²) >= 11 is 5.92. The summed E-state index contributed by atoms with van der Waals surface area (Å²) in [6.45, 7) is 4.12. The van der Waals surface area contributed by atoms with Crippen molar-refractivity contribution in [2.75, 3.05) is 32.8 Å². The lowest BCUT2D eigenvalue weighted by molar-refractivity contribution is -0.0750. The van der Waals surface area contributed by atoms with Crippen molar-refractivity contribution in [1.82, 2.24) is 20.4 Å². The summed E-state index contributed by atoms with van der Waals surface area (Å²) in [5.74, 6) is 1.69. The molecular formula is C18H23Cl3N4O3. The second kappa shape index (κ2) is 8.44. The van der Waals surface area contributed by atoms with Crippen molar-refractivity contribution in [1.29, 1.82) is 0 Å². The first kappa shape index (κ1) is 21.8. The lowest BCUT2D eigenvalue weighted by Crippen LogP contribution is -2.52. The molecule has 2 bridgehead atoms. The van der Waals surface area contributed by atoms with Crippen LogP contribution in [0.3, 0.4) is 0 Å². The van der Waals surface area contributed by atoms with Gasteiger partial charge in [0.05, 0.1) is 18.2 Å². The summed E-state index contributed by atoms with van der Waals surface area (Å²) in [4.78, 5) is 6.80. The average Bonchev–Trinajstić information content (AvgIpc) is 3.27. The molecule has 0 radical (unpaired) electrons. The Morgan fingerprint density at radius 1 is 1.29 bits per heavy atom. The van der Waals surface area contributed by atoms with Gasteiger partial charge in [-0.1, -0.05) is 16.8 Å². The van der Waals surface area contributed by atoms with E-state index >= 15 is 0 Å². The highest BCUT2D eigenvalue weighted by atomic mass is 35.5. The molecule has 0 unspecified atom stereocenters. The van der Waals surface area contributed by atoms with Gasteiger partial charge in [0, 0.05) is 55.2 Å². The first-order valence-corrected chi connectivity index (χ1v) is 9.35. The van der Waals surface area contributed by atoms with Crippen LogP contribution in [0.15, 0.2) is 28.8 Å². The van der Waals surface area contributed by atoms with Crippen molar-refractivity contribution in [2.45, 2.75) is 18.2 Å². The topological polar surface area (TPSA) is 83.7 Å². The zero-order valence-corrected chi connectivity index (χ0v) is 17.5. The fourth-order valence-electron chi connectivity index (χ4n) is 4.74. The number of benzene rings is 1. The number of likely N-dealkylation sites (tertiary alicyclic amines) is 1. The predicted octanol–water partition coefficient (Wildman–Crippen LogP) is 2.01. The number of aliphatic hydroxyl groups excluding tert-OH is 1. The summed E-state index contributed by atoms with van der Waals surface area (Å²) in [6.07, 6.45) is 0.126. The molecule has 0 aliphatic carbocycles. The summed E-state index contributed by atoms with van der Waals surface area (Å²) in [5.41, 5.74) is 0.680. The minimum Gasteiger partial charge on any atom is -0.396 e. The van der Waals surface area contributed by atoms with Crippen molar-refractivity contribution in [2.24, 2.45) is 11.8 Å².